The number of nitrogens with two attached hydrogens (primary N) is 1. The molecule has 19 heavy (non-hydrogen) atoms. The number of aryl methyl sites for hydroxylation is 1. The Kier molecular flexibility index (Phi) is 5.10. The van der Waals surface area contributed by atoms with Gasteiger partial charge in [-0.25, -0.2) is 0 Å². The van der Waals surface area contributed by atoms with Crippen LogP contribution in [0.25, 0.3) is 0 Å². The summed E-state index contributed by atoms with van der Waals surface area (Å²) in [5.74, 6) is 6.57. The number of benzene rings is 1. The van der Waals surface area contributed by atoms with Crippen LogP contribution in [0.5, 0.6) is 0 Å². The lowest BCUT2D eigenvalue weighted by molar-refractivity contribution is 0.0953. The van der Waals surface area contributed by atoms with Crippen LogP contribution in [0.4, 0.5) is 5.69 Å². The molecule has 1 amide bonds. The van der Waals surface area contributed by atoms with Crippen LogP contribution in [0.3, 0.4) is 0 Å². The van der Waals surface area contributed by atoms with Gasteiger partial charge in [0.2, 0.25) is 0 Å². The summed E-state index contributed by atoms with van der Waals surface area (Å²) >= 11 is 1.97. The smallest absolute Gasteiger partial charge is 0.251 e. The van der Waals surface area contributed by atoms with E-state index in [-0.39, 0.29) is 5.91 Å². The Morgan fingerprint density at radius 1 is 1.47 bits per heavy atom. The molecule has 0 spiro atoms. The Morgan fingerprint density at radius 2 is 2.32 bits per heavy atom. The van der Waals surface area contributed by atoms with Gasteiger partial charge in [0.1, 0.15) is 0 Å². The van der Waals surface area contributed by atoms with E-state index >= 15 is 0 Å². The molecule has 1 aromatic rings. The number of anilines is 1. The van der Waals surface area contributed by atoms with Crippen molar-refractivity contribution in [2.75, 3.05) is 17.7 Å². The van der Waals surface area contributed by atoms with E-state index in [1.54, 1.807) is 0 Å². The topological polar surface area (TPSA) is 67.1 Å². The van der Waals surface area contributed by atoms with Gasteiger partial charge in [-0.3, -0.25) is 10.6 Å². The van der Waals surface area contributed by atoms with E-state index in [1.165, 1.54) is 25.0 Å². The maximum atomic E-state index is 12.1. The van der Waals surface area contributed by atoms with Crippen LogP contribution < -0.4 is 16.6 Å². The fraction of sp³-hybridized carbons (Fsp3) is 0.500. The second-order valence-corrected chi connectivity index (χ2v) is 6.28. The molecule has 1 aliphatic heterocycles. The Morgan fingerprint density at radius 3 is 2.95 bits per heavy atom. The van der Waals surface area contributed by atoms with Gasteiger partial charge in [0.25, 0.3) is 5.91 Å². The van der Waals surface area contributed by atoms with Crippen LogP contribution in [-0.4, -0.2) is 23.5 Å². The number of carbonyl (C=O) groups excluding carboxylic acids is 1. The molecule has 1 saturated heterocycles. The lowest BCUT2D eigenvalue weighted by atomic mass is 10.1. The van der Waals surface area contributed by atoms with Gasteiger partial charge >= 0.3 is 0 Å². The molecule has 1 atom stereocenters. The molecular formula is C14H21N3OS. The van der Waals surface area contributed by atoms with Gasteiger partial charge in [0.15, 0.2) is 0 Å². The van der Waals surface area contributed by atoms with Crippen molar-refractivity contribution in [3.8, 4) is 0 Å². The highest BCUT2D eigenvalue weighted by Gasteiger charge is 2.16. The third kappa shape index (κ3) is 3.88. The normalized spacial score (nSPS) is 18.9. The zero-order valence-electron chi connectivity index (χ0n) is 11.2. The van der Waals surface area contributed by atoms with Gasteiger partial charge < -0.3 is 10.7 Å². The van der Waals surface area contributed by atoms with Crippen LogP contribution >= 0.6 is 11.8 Å². The summed E-state index contributed by atoms with van der Waals surface area (Å²) in [7, 11) is 0. The maximum Gasteiger partial charge on any atom is 0.251 e. The molecule has 0 radical (unpaired) electrons. The van der Waals surface area contributed by atoms with Crippen LogP contribution in [0.1, 0.15) is 35.2 Å². The van der Waals surface area contributed by atoms with Crippen LogP contribution in [0, 0.1) is 6.92 Å². The van der Waals surface area contributed by atoms with Crippen molar-refractivity contribution < 1.29 is 4.79 Å². The van der Waals surface area contributed by atoms with Crippen molar-refractivity contribution in [2.24, 2.45) is 5.84 Å². The van der Waals surface area contributed by atoms with Gasteiger partial charge in [-0.1, -0.05) is 6.42 Å². The highest BCUT2D eigenvalue weighted by atomic mass is 32.2. The predicted octanol–water partition coefficient (Wildman–Crippen LogP) is 2.30. The van der Waals surface area contributed by atoms with Crippen molar-refractivity contribution in [3.63, 3.8) is 0 Å². The Bertz CT molecular complexity index is 444. The molecule has 0 aromatic heterocycles. The van der Waals surface area contributed by atoms with E-state index < -0.39 is 0 Å². The van der Waals surface area contributed by atoms with Crippen LogP contribution in [0.15, 0.2) is 18.2 Å². The molecule has 4 nitrogen and oxygen atoms in total. The van der Waals surface area contributed by atoms with E-state index in [2.05, 4.69) is 10.7 Å². The number of thioether (sulfide) groups is 1. The molecule has 1 heterocycles. The number of amides is 1. The number of hydrogen-bond acceptors (Lipinski definition) is 4. The monoisotopic (exact) mass is 279 g/mol. The summed E-state index contributed by atoms with van der Waals surface area (Å²) in [6.45, 7) is 2.69. The van der Waals surface area contributed by atoms with E-state index in [1.807, 2.05) is 36.9 Å². The molecule has 1 aromatic carbocycles. The van der Waals surface area contributed by atoms with E-state index in [9.17, 15) is 4.79 Å². The molecule has 0 aliphatic carbocycles. The largest absolute Gasteiger partial charge is 0.351 e. The van der Waals surface area contributed by atoms with E-state index in [4.69, 9.17) is 5.84 Å². The third-order valence-corrected chi connectivity index (χ3v) is 4.80. The number of hydrazine groups is 1. The van der Waals surface area contributed by atoms with Crippen molar-refractivity contribution in [3.05, 3.63) is 29.3 Å². The second-order valence-electron chi connectivity index (χ2n) is 4.87. The van der Waals surface area contributed by atoms with Crippen molar-refractivity contribution in [1.82, 2.24) is 5.32 Å². The highest BCUT2D eigenvalue weighted by molar-refractivity contribution is 7.99. The van der Waals surface area contributed by atoms with Crippen molar-refractivity contribution >= 4 is 23.4 Å². The minimum atomic E-state index is 0.00671. The summed E-state index contributed by atoms with van der Waals surface area (Å²) < 4.78 is 0. The highest BCUT2D eigenvalue weighted by Crippen LogP contribution is 2.24. The van der Waals surface area contributed by atoms with Gasteiger partial charge in [0, 0.05) is 23.0 Å². The Balaban J connectivity index is 1.92. The first-order chi connectivity index (χ1) is 9.20. The number of hydrogen-bond donors (Lipinski definition) is 3. The summed E-state index contributed by atoms with van der Waals surface area (Å²) in [5.41, 5.74) is 5.06. The quantitative estimate of drug-likeness (QED) is 0.584. The van der Waals surface area contributed by atoms with Crippen molar-refractivity contribution in [1.29, 1.82) is 0 Å². The summed E-state index contributed by atoms with van der Waals surface area (Å²) in [6, 6.07) is 5.51. The molecule has 1 unspecified atom stereocenters. The first-order valence-corrected chi connectivity index (χ1v) is 7.72. The third-order valence-electron chi connectivity index (χ3n) is 3.40. The molecule has 5 heteroatoms. The number of carbonyl (C=O) groups is 1. The molecule has 0 bridgehead atoms. The molecule has 2 rings (SSSR count). The fourth-order valence-electron chi connectivity index (χ4n) is 2.28. The predicted molar refractivity (Wildman–Crippen MR) is 81.4 cm³/mol. The number of nitrogen functional groups attached to an aromatic ring is 1. The van der Waals surface area contributed by atoms with Gasteiger partial charge in [-0.2, -0.15) is 11.8 Å². The summed E-state index contributed by atoms with van der Waals surface area (Å²) in [4.78, 5) is 12.1. The maximum absolute atomic E-state index is 12.1. The summed E-state index contributed by atoms with van der Waals surface area (Å²) in [6.07, 6.45) is 3.80. The van der Waals surface area contributed by atoms with E-state index in [0.29, 0.717) is 5.25 Å². The second kappa shape index (κ2) is 6.82. The molecule has 4 N–H and O–H groups in total. The van der Waals surface area contributed by atoms with Gasteiger partial charge in [-0.05, 0) is 49.3 Å². The average molecular weight is 279 g/mol. The van der Waals surface area contributed by atoms with Gasteiger partial charge in [-0.15, -0.1) is 0 Å². The molecule has 1 fully saturated rings. The molecule has 104 valence electrons. The Labute approximate surface area is 118 Å². The first-order valence-electron chi connectivity index (χ1n) is 6.68. The van der Waals surface area contributed by atoms with E-state index in [0.717, 1.165) is 23.4 Å². The van der Waals surface area contributed by atoms with Gasteiger partial charge in [0.05, 0.1) is 0 Å². The minimum Gasteiger partial charge on any atom is -0.351 e. The lowest BCUT2D eigenvalue weighted by Crippen LogP contribution is -2.32. The SMILES string of the molecule is Cc1cc(NN)ccc1C(=O)NCC1CCCCS1. The average Bonchev–Trinajstić information content (AvgIpc) is 2.45. The molecular weight excluding hydrogens is 258 g/mol. The molecule has 0 saturated carbocycles. The number of rotatable bonds is 4. The lowest BCUT2D eigenvalue weighted by Gasteiger charge is -2.21. The summed E-state index contributed by atoms with van der Waals surface area (Å²) in [5, 5.41) is 3.61. The number of nitrogens with one attached hydrogen (secondary N) is 2. The fourth-order valence-corrected chi connectivity index (χ4v) is 3.52. The zero-order chi connectivity index (χ0) is 13.7. The van der Waals surface area contributed by atoms with Crippen LogP contribution in [-0.2, 0) is 0 Å². The van der Waals surface area contributed by atoms with Crippen molar-refractivity contribution in [2.45, 2.75) is 31.4 Å². The molecule has 1 aliphatic rings. The first kappa shape index (κ1) is 14.2. The minimum absolute atomic E-state index is 0.00671. The van der Waals surface area contributed by atoms with Crippen LogP contribution in [0.2, 0.25) is 0 Å². The zero-order valence-corrected chi connectivity index (χ0v) is 12.1. The standard InChI is InChI=1S/C14H21N3OS/c1-10-8-11(17-15)5-6-13(10)14(18)16-9-12-4-2-3-7-19-12/h5-6,8,12,17H,2-4,7,9,15H2,1H3,(H,16,18). The Hall–Kier alpha value is -1.20.